The van der Waals surface area contributed by atoms with E-state index >= 15 is 0 Å². The molecule has 4 nitrogen and oxygen atoms in total. The molecule has 0 fully saturated rings. The Labute approximate surface area is 72.5 Å². The van der Waals surface area contributed by atoms with Gasteiger partial charge in [0.05, 0.1) is 5.52 Å². The van der Waals surface area contributed by atoms with Crippen LogP contribution in [-0.4, -0.2) is 9.97 Å². The van der Waals surface area contributed by atoms with Crippen molar-refractivity contribution >= 4 is 28.3 Å². The minimum absolute atomic E-state index is 0.265. The number of nitrogens with one attached hydrogen (secondary N) is 1. The van der Waals surface area contributed by atoms with Crippen LogP contribution in [0.25, 0.3) is 11.0 Å². The molecule has 0 spiro atoms. The number of aromatic nitrogens is 2. The summed E-state index contributed by atoms with van der Waals surface area (Å²) in [5.41, 5.74) is 1.53. The van der Waals surface area contributed by atoms with Gasteiger partial charge in [0.1, 0.15) is 11.2 Å². The Hall–Kier alpha value is -1.42. The number of nitrogens with zero attached hydrogens (tertiary/aromatic N) is 2. The second-order valence-electron chi connectivity index (χ2n) is 2.29. The van der Waals surface area contributed by atoms with Gasteiger partial charge in [-0.05, 0) is 28.9 Å². The van der Waals surface area contributed by atoms with Gasteiger partial charge in [-0.2, -0.15) is 0 Å². The normalized spacial score (nSPS) is 10.4. The number of hydrogen-bond donors (Lipinski definition) is 1. The smallest absolute Gasteiger partial charge is 0.201 e. The first-order chi connectivity index (χ1) is 5.81. The molecule has 12 heavy (non-hydrogen) atoms. The fraction of sp³-hybridized carbons (Fsp3) is 0. The summed E-state index contributed by atoms with van der Waals surface area (Å²) in [5.74, 6) is 0. The van der Waals surface area contributed by atoms with Crippen LogP contribution in [0.5, 0.6) is 0 Å². The van der Waals surface area contributed by atoms with Crippen LogP contribution in [0.1, 0.15) is 0 Å². The summed E-state index contributed by atoms with van der Waals surface area (Å²) in [4.78, 5) is 17.0. The van der Waals surface area contributed by atoms with E-state index in [0.717, 1.165) is 5.52 Å². The highest BCUT2D eigenvalue weighted by Gasteiger charge is 2.04. The fourth-order valence-corrected chi connectivity index (χ4v) is 1.25. The molecule has 60 valence electrons. The maximum atomic E-state index is 10.3. The lowest BCUT2D eigenvalue weighted by molar-refractivity contribution is 1.34. The molecule has 0 saturated carbocycles. The molecule has 2 aromatic rings. The Morgan fingerprint density at radius 1 is 1.50 bits per heavy atom. The lowest BCUT2D eigenvalue weighted by atomic mass is 10.3. The van der Waals surface area contributed by atoms with Crippen molar-refractivity contribution in [3.63, 3.8) is 0 Å². The van der Waals surface area contributed by atoms with Gasteiger partial charge in [0.2, 0.25) is 5.28 Å². The van der Waals surface area contributed by atoms with Crippen molar-refractivity contribution in [1.29, 1.82) is 0 Å². The van der Waals surface area contributed by atoms with Crippen LogP contribution in [0.3, 0.4) is 0 Å². The predicted molar refractivity (Wildman–Crippen MR) is 46.6 cm³/mol. The fourth-order valence-electron chi connectivity index (χ4n) is 1.06. The molecule has 2 rings (SSSR count). The van der Waals surface area contributed by atoms with Crippen LogP contribution in [0.4, 0.5) is 5.69 Å². The number of halogens is 1. The summed E-state index contributed by atoms with van der Waals surface area (Å²) in [7, 11) is 0. The van der Waals surface area contributed by atoms with Crippen LogP contribution < -0.4 is 0 Å². The average molecular weight is 182 g/mol. The van der Waals surface area contributed by atoms with Gasteiger partial charge in [0.15, 0.2) is 0 Å². The number of benzene rings is 1. The summed E-state index contributed by atoms with van der Waals surface area (Å²) in [6, 6.07) is 5.09. The highest BCUT2D eigenvalue weighted by atomic mass is 35.5. The quantitative estimate of drug-likeness (QED) is 0.688. The molecule has 1 aromatic carbocycles. The standard InChI is InChI=1S/C7H4ClN3O/c8-7-9-4-2-1-3-5(11-12)6(4)10-7/h1-3H,(H,9,10). The molecule has 1 aromatic heterocycles. The molecule has 0 aliphatic heterocycles. The van der Waals surface area contributed by atoms with Crippen molar-refractivity contribution in [2.24, 2.45) is 5.18 Å². The molecule has 1 N–H and O–H groups in total. The Balaban J connectivity index is 2.86. The van der Waals surface area contributed by atoms with E-state index in [1.807, 2.05) is 0 Å². The molecule has 0 aliphatic rings. The van der Waals surface area contributed by atoms with Crippen molar-refractivity contribution in [2.75, 3.05) is 0 Å². The number of rotatable bonds is 1. The van der Waals surface area contributed by atoms with Gasteiger partial charge in [-0.15, -0.1) is 4.91 Å². The van der Waals surface area contributed by atoms with Gasteiger partial charge < -0.3 is 4.98 Å². The van der Waals surface area contributed by atoms with E-state index in [0.29, 0.717) is 11.2 Å². The zero-order valence-electron chi connectivity index (χ0n) is 5.91. The van der Waals surface area contributed by atoms with Crippen molar-refractivity contribution in [2.45, 2.75) is 0 Å². The van der Waals surface area contributed by atoms with Crippen LogP contribution in [0.2, 0.25) is 5.28 Å². The molecule has 0 unspecified atom stereocenters. The number of para-hydroxylation sites is 1. The third kappa shape index (κ3) is 0.967. The zero-order chi connectivity index (χ0) is 8.55. The topological polar surface area (TPSA) is 58.1 Å². The lowest BCUT2D eigenvalue weighted by Crippen LogP contribution is -1.68. The van der Waals surface area contributed by atoms with Gasteiger partial charge >= 0.3 is 0 Å². The van der Waals surface area contributed by atoms with E-state index in [4.69, 9.17) is 11.6 Å². The number of imidazole rings is 1. The Bertz CT molecular complexity index is 437. The van der Waals surface area contributed by atoms with E-state index in [-0.39, 0.29) is 5.28 Å². The van der Waals surface area contributed by atoms with Crippen molar-refractivity contribution in [3.05, 3.63) is 28.4 Å². The van der Waals surface area contributed by atoms with E-state index in [1.54, 1.807) is 18.2 Å². The minimum atomic E-state index is 0.265. The second kappa shape index (κ2) is 2.57. The van der Waals surface area contributed by atoms with Crippen molar-refractivity contribution in [1.82, 2.24) is 9.97 Å². The first-order valence-corrected chi connectivity index (χ1v) is 3.66. The van der Waals surface area contributed by atoms with Gasteiger partial charge in [0.25, 0.3) is 0 Å². The highest BCUT2D eigenvalue weighted by molar-refractivity contribution is 6.29. The Kier molecular flexibility index (Phi) is 1.55. The zero-order valence-corrected chi connectivity index (χ0v) is 6.67. The molecule has 0 amide bonds. The highest BCUT2D eigenvalue weighted by Crippen LogP contribution is 2.24. The van der Waals surface area contributed by atoms with Crippen molar-refractivity contribution < 1.29 is 0 Å². The van der Waals surface area contributed by atoms with Gasteiger partial charge in [-0.25, -0.2) is 4.98 Å². The summed E-state index contributed by atoms with van der Waals surface area (Å²) in [6.07, 6.45) is 0. The monoisotopic (exact) mass is 181 g/mol. The largest absolute Gasteiger partial charge is 0.329 e. The number of hydrogen-bond acceptors (Lipinski definition) is 3. The SMILES string of the molecule is O=Nc1cccc2[nH]c(Cl)nc12. The average Bonchev–Trinajstić information content (AvgIpc) is 2.44. The Morgan fingerprint density at radius 2 is 2.33 bits per heavy atom. The molecule has 0 radical (unpaired) electrons. The second-order valence-corrected chi connectivity index (χ2v) is 2.65. The van der Waals surface area contributed by atoms with E-state index in [2.05, 4.69) is 15.1 Å². The minimum Gasteiger partial charge on any atom is -0.329 e. The molecular formula is C7H4ClN3O. The first-order valence-electron chi connectivity index (χ1n) is 3.29. The third-order valence-corrected chi connectivity index (χ3v) is 1.74. The maximum Gasteiger partial charge on any atom is 0.201 e. The van der Waals surface area contributed by atoms with E-state index in [9.17, 15) is 4.91 Å². The summed E-state index contributed by atoms with van der Waals surface area (Å²) in [5, 5.41) is 3.09. The van der Waals surface area contributed by atoms with Gasteiger partial charge in [-0.3, -0.25) is 0 Å². The number of H-pyrrole nitrogens is 1. The van der Waals surface area contributed by atoms with Crippen LogP contribution in [0.15, 0.2) is 23.4 Å². The molecule has 0 aliphatic carbocycles. The molecule has 0 saturated heterocycles. The van der Waals surface area contributed by atoms with Crippen LogP contribution in [0, 0.1) is 4.91 Å². The molecular weight excluding hydrogens is 178 g/mol. The molecule has 0 atom stereocenters. The Morgan fingerprint density at radius 3 is 3.08 bits per heavy atom. The predicted octanol–water partition coefficient (Wildman–Crippen LogP) is 2.61. The first kappa shape index (κ1) is 7.24. The third-order valence-electron chi connectivity index (χ3n) is 1.56. The van der Waals surface area contributed by atoms with Crippen LogP contribution >= 0.6 is 11.6 Å². The van der Waals surface area contributed by atoms with Gasteiger partial charge in [-0.1, -0.05) is 6.07 Å². The number of nitroso groups, excluding NO2 is 1. The lowest BCUT2D eigenvalue weighted by Gasteiger charge is -1.87. The van der Waals surface area contributed by atoms with Gasteiger partial charge in [0, 0.05) is 0 Å². The summed E-state index contributed by atoms with van der Waals surface area (Å²) < 4.78 is 0. The summed E-state index contributed by atoms with van der Waals surface area (Å²) in [6.45, 7) is 0. The molecule has 5 heteroatoms. The number of aromatic amines is 1. The maximum absolute atomic E-state index is 10.3. The molecule has 0 bridgehead atoms. The number of fused-ring (bicyclic) bond motifs is 1. The summed E-state index contributed by atoms with van der Waals surface area (Å²) >= 11 is 5.60. The van der Waals surface area contributed by atoms with E-state index < -0.39 is 0 Å². The van der Waals surface area contributed by atoms with Crippen LogP contribution in [-0.2, 0) is 0 Å². The van der Waals surface area contributed by atoms with Crippen molar-refractivity contribution in [3.8, 4) is 0 Å². The molecule has 1 heterocycles. The van der Waals surface area contributed by atoms with E-state index in [1.165, 1.54) is 0 Å².